The van der Waals surface area contributed by atoms with E-state index in [0.717, 1.165) is 0 Å². The quantitative estimate of drug-likeness (QED) is 0.379. The maximum Gasteiger partial charge on any atom is 0.285 e. The molecule has 5 rings (SSSR count). The molecule has 1 saturated heterocycles. The topological polar surface area (TPSA) is 127 Å². The first-order valence-electron chi connectivity index (χ1n) is 11.8. The monoisotopic (exact) mass is 511 g/mol. The molecule has 194 valence electrons. The van der Waals surface area contributed by atoms with Crippen molar-refractivity contribution in [3.8, 4) is 17.0 Å². The van der Waals surface area contributed by atoms with Gasteiger partial charge in [-0.05, 0) is 30.3 Å². The van der Waals surface area contributed by atoms with Gasteiger partial charge in [-0.25, -0.2) is 18.7 Å². The first-order valence-corrected chi connectivity index (χ1v) is 11.8. The fourth-order valence-electron chi connectivity index (χ4n) is 4.35. The molecule has 0 bridgehead atoms. The van der Waals surface area contributed by atoms with Gasteiger partial charge in [0.25, 0.3) is 6.43 Å². The maximum absolute atomic E-state index is 14.9. The van der Waals surface area contributed by atoms with Crippen molar-refractivity contribution < 1.29 is 23.0 Å². The molecule has 1 atom stereocenters. The zero-order chi connectivity index (χ0) is 26.0. The molecule has 0 aliphatic carbocycles. The van der Waals surface area contributed by atoms with Gasteiger partial charge in [-0.2, -0.15) is 0 Å². The van der Waals surface area contributed by atoms with Gasteiger partial charge in [0.15, 0.2) is 0 Å². The van der Waals surface area contributed by atoms with Gasteiger partial charge in [-0.3, -0.25) is 4.79 Å². The number of alkyl halides is 2. The molecule has 2 aromatic carbocycles. The molecule has 1 aromatic heterocycles. The van der Waals surface area contributed by atoms with E-state index in [1.54, 1.807) is 48.5 Å². The summed E-state index contributed by atoms with van der Waals surface area (Å²) >= 11 is 0. The Hall–Kier alpha value is -4.03. The summed E-state index contributed by atoms with van der Waals surface area (Å²) in [5, 5.41) is 8.58. The zero-order valence-electron chi connectivity index (χ0n) is 20.1. The van der Waals surface area contributed by atoms with E-state index in [1.165, 1.54) is 7.11 Å². The van der Waals surface area contributed by atoms with E-state index in [-0.39, 0.29) is 18.1 Å². The van der Waals surface area contributed by atoms with Crippen molar-refractivity contribution in [3.63, 3.8) is 0 Å². The Kier molecular flexibility index (Phi) is 6.76. The van der Waals surface area contributed by atoms with Crippen LogP contribution >= 0.6 is 0 Å². The van der Waals surface area contributed by atoms with Crippen molar-refractivity contribution in [2.75, 3.05) is 60.8 Å². The lowest BCUT2D eigenvalue weighted by molar-refractivity contribution is -0.114. The van der Waals surface area contributed by atoms with E-state index >= 15 is 0 Å². The van der Waals surface area contributed by atoms with Gasteiger partial charge in [0.2, 0.25) is 17.5 Å². The van der Waals surface area contributed by atoms with Gasteiger partial charge in [0.05, 0.1) is 43.9 Å². The summed E-state index contributed by atoms with van der Waals surface area (Å²) < 4.78 is 40.6. The van der Waals surface area contributed by atoms with Crippen molar-refractivity contribution in [2.45, 2.75) is 12.1 Å². The van der Waals surface area contributed by atoms with E-state index in [9.17, 15) is 13.6 Å². The standard InChI is InChI=1S/C25H27F2N7O3/c1-36-19-4-2-3-17-22(19)33-25(32-17,23(26)27)20-13-18(30-24(31-20)34-9-11-37-12-10-34)15-5-7-16(8-6-15)29-21(35)14-28/h2-8,13,23,32-33H,9-12,14,28H2,1H3,(H,29,35). The van der Waals surface area contributed by atoms with Crippen molar-refractivity contribution in [1.82, 2.24) is 9.97 Å². The number of para-hydroxylation sites is 1. The Bertz CT molecular complexity index is 1290. The number of nitrogens with one attached hydrogen (secondary N) is 3. The van der Waals surface area contributed by atoms with Gasteiger partial charge in [0.1, 0.15) is 11.4 Å². The number of rotatable bonds is 7. The van der Waals surface area contributed by atoms with Crippen LogP contribution in [0.1, 0.15) is 5.69 Å². The number of carbonyl (C=O) groups is 1. The fraction of sp³-hybridized carbons (Fsp3) is 0.320. The average Bonchev–Trinajstić information content (AvgIpc) is 3.35. The maximum atomic E-state index is 14.9. The normalized spacial score (nSPS) is 18.7. The molecule has 1 unspecified atom stereocenters. The van der Waals surface area contributed by atoms with E-state index in [4.69, 9.17) is 20.2 Å². The number of fused-ring (bicyclic) bond motifs is 1. The Balaban J connectivity index is 1.59. The van der Waals surface area contributed by atoms with Crippen molar-refractivity contribution >= 4 is 28.9 Å². The molecule has 12 heteroatoms. The van der Waals surface area contributed by atoms with Crippen LogP contribution in [-0.4, -0.2) is 62.3 Å². The van der Waals surface area contributed by atoms with E-state index < -0.39 is 12.1 Å². The Morgan fingerprint density at radius 1 is 1.19 bits per heavy atom. The lowest BCUT2D eigenvalue weighted by Gasteiger charge is -2.32. The molecule has 2 aliphatic heterocycles. The number of nitrogens with zero attached hydrogens (tertiary/aromatic N) is 3. The number of ether oxygens (including phenoxy) is 2. The highest BCUT2D eigenvalue weighted by atomic mass is 19.3. The second-order valence-corrected chi connectivity index (χ2v) is 8.61. The van der Waals surface area contributed by atoms with Crippen LogP contribution in [0.5, 0.6) is 5.75 Å². The second kappa shape index (κ2) is 10.1. The van der Waals surface area contributed by atoms with Gasteiger partial charge in [0, 0.05) is 24.3 Å². The number of carbonyl (C=O) groups excluding carboxylic acids is 1. The van der Waals surface area contributed by atoms with Crippen LogP contribution in [0.3, 0.4) is 0 Å². The summed E-state index contributed by atoms with van der Waals surface area (Å²) in [6, 6.07) is 13.6. The smallest absolute Gasteiger partial charge is 0.285 e. The third-order valence-electron chi connectivity index (χ3n) is 6.29. The zero-order valence-corrected chi connectivity index (χ0v) is 20.1. The number of aromatic nitrogens is 2. The third-order valence-corrected chi connectivity index (χ3v) is 6.29. The molecule has 3 aromatic rings. The number of halogens is 2. The predicted molar refractivity (Wildman–Crippen MR) is 136 cm³/mol. The minimum absolute atomic E-state index is 0.0766. The molecule has 0 saturated carbocycles. The van der Waals surface area contributed by atoms with Crippen molar-refractivity contribution in [2.24, 2.45) is 5.73 Å². The first kappa shape index (κ1) is 24.7. The van der Waals surface area contributed by atoms with Crippen LogP contribution in [0, 0.1) is 0 Å². The van der Waals surface area contributed by atoms with Crippen molar-refractivity contribution in [3.05, 3.63) is 54.2 Å². The minimum atomic E-state index is -2.88. The number of morpholine rings is 1. The summed E-state index contributed by atoms with van der Waals surface area (Å²) in [7, 11) is 1.48. The van der Waals surface area contributed by atoms with Crippen LogP contribution in [0.15, 0.2) is 48.5 Å². The summed E-state index contributed by atoms with van der Waals surface area (Å²) in [5.41, 5.74) is 6.03. The summed E-state index contributed by atoms with van der Waals surface area (Å²) in [5.74, 6) is 0.437. The lowest BCUT2D eigenvalue weighted by Crippen LogP contribution is -2.47. The number of amides is 1. The molecule has 0 spiro atoms. The van der Waals surface area contributed by atoms with E-state index in [2.05, 4.69) is 20.9 Å². The van der Waals surface area contributed by atoms with E-state index in [0.29, 0.717) is 66.3 Å². The van der Waals surface area contributed by atoms with Gasteiger partial charge in [-0.15, -0.1) is 0 Å². The van der Waals surface area contributed by atoms with Crippen LogP contribution in [0.2, 0.25) is 0 Å². The molecule has 0 radical (unpaired) electrons. The minimum Gasteiger partial charge on any atom is -0.495 e. The molecular weight excluding hydrogens is 484 g/mol. The van der Waals surface area contributed by atoms with Gasteiger partial charge >= 0.3 is 0 Å². The second-order valence-electron chi connectivity index (χ2n) is 8.61. The number of anilines is 4. The summed E-state index contributed by atoms with van der Waals surface area (Å²) in [6.45, 7) is 1.89. The van der Waals surface area contributed by atoms with Crippen molar-refractivity contribution in [1.29, 1.82) is 0 Å². The molecule has 10 nitrogen and oxygen atoms in total. The molecule has 37 heavy (non-hydrogen) atoms. The molecule has 5 N–H and O–H groups in total. The number of hydrogen-bond acceptors (Lipinski definition) is 9. The van der Waals surface area contributed by atoms with E-state index in [1.807, 2.05) is 4.90 Å². The predicted octanol–water partition coefficient (Wildman–Crippen LogP) is 2.84. The largest absolute Gasteiger partial charge is 0.495 e. The summed E-state index contributed by atoms with van der Waals surface area (Å²) in [6.07, 6.45) is -2.88. The number of benzene rings is 2. The van der Waals surface area contributed by atoms with Crippen LogP contribution in [0.25, 0.3) is 11.3 Å². The Labute approximate surface area is 212 Å². The highest BCUT2D eigenvalue weighted by Crippen LogP contribution is 2.47. The number of nitrogens with two attached hydrogens (primary N) is 1. The SMILES string of the molecule is COc1cccc2c1NC(c1cc(-c3ccc(NC(=O)CN)cc3)nc(N3CCOCC3)n1)(C(F)F)N2. The van der Waals surface area contributed by atoms with Crippen LogP contribution < -0.4 is 31.3 Å². The highest BCUT2D eigenvalue weighted by Gasteiger charge is 2.49. The Morgan fingerprint density at radius 3 is 2.62 bits per heavy atom. The molecule has 1 amide bonds. The number of hydrogen-bond donors (Lipinski definition) is 4. The average molecular weight is 512 g/mol. The van der Waals surface area contributed by atoms with Crippen LogP contribution in [-0.2, 0) is 15.2 Å². The molecule has 2 aliphatic rings. The molecular formula is C25H27F2N7O3. The van der Waals surface area contributed by atoms with Gasteiger partial charge in [-0.1, -0.05) is 18.2 Å². The molecule has 3 heterocycles. The molecule has 1 fully saturated rings. The summed E-state index contributed by atoms with van der Waals surface area (Å²) in [4.78, 5) is 22.8. The Morgan fingerprint density at radius 2 is 1.95 bits per heavy atom. The third kappa shape index (κ3) is 4.72. The van der Waals surface area contributed by atoms with Gasteiger partial charge < -0.3 is 36.1 Å². The first-order chi connectivity index (χ1) is 17.9. The lowest BCUT2D eigenvalue weighted by atomic mass is 10.0. The fourth-order valence-corrected chi connectivity index (χ4v) is 4.35. The highest BCUT2D eigenvalue weighted by molar-refractivity contribution is 5.92. The number of methoxy groups -OCH3 is 1. The van der Waals surface area contributed by atoms with Crippen LogP contribution in [0.4, 0.5) is 31.8 Å².